The third-order valence-electron chi connectivity index (χ3n) is 6.80. The molecule has 4 aromatic rings. The molecular formula is C31H20O7. The minimum Gasteiger partial charge on any atom is -0.455 e. The highest BCUT2D eigenvalue weighted by molar-refractivity contribution is 5.99. The van der Waals surface area contributed by atoms with E-state index < -0.39 is 23.5 Å². The molecule has 0 aromatic heterocycles. The maximum absolute atomic E-state index is 13.1. The van der Waals surface area contributed by atoms with E-state index in [0.717, 1.165) is 17.5 Å². The van der Waals surface area contributed by atoms with Crippen LogP contribution >= 0.6 is 0 Å². The van der Waals surface area contributed by atoms with Gasteiger partial charge in [-0.25, -0.2) is 14.4 Å². The monoisotopic (exact) mass is 504 g/mol. The predicted octanol–water partition coefficient (Wildman–Crippen LogP) is 5.90. The van der Waals surface area contributed by atoms with Gasteiger partial charge in [0.15, 0.2) is 5.60 Å². The Morgan fingerprint density at radius 3 is 2.34 bits per heavy atom. The van der Waals surface area contributed by atoms with Gasteiger partial charge in [-0.3, -0.25) is 0 Å². The Morgan fingerprint density at radius 1 is 0.842 bits per heavy atom. The number of hydrogen-bond acceptors (Lipinski definition) is 7. The lowest BCUT2D eigenvalue weighted by atomic mass is 9.76. The Bertz CT molecular complexity index is 1730. The zero-order valence-electron chi connectivity index (χ0n) is 20.3. The van der Waals surface area contributed by atoms with E-state index in [1.54, 1.807) is 49.4 Å². The van der Waals surface area contributed by atoms with Crippen LogP contribution in [0.3, 0.4) is 0 Å². The van der Waals surface area contributed by atoms with Crippen molar-refractivity contribution >= 4 is 28.7 Å². The third-order valence-corrected chi connectivity index (χ3v) is 6.80. The van der Waals surface area contributed by atoms with Gasteiger partial charge in [0, 0.05) is 39.8 Å². The maximum Gasteiger partial charge on any atom is 0.340 e. The van der Waals surface area contributed by atoms with Crippen molar-refractivity contribution in [2.45, 2.75) is 12.5 Å². The average Bonchev–Trinajstić information content (AvgIpc) is 3.22. The molecule has 186 valence electrons. The highest BCUT2D eigenvalue weighted by Crippen LogP contribution is 2.59. The van der Waals surface area contributed by atoms with Crippen LogP contribution in [0.4, 0.5) is 0 Å². The smallest absolute Gasteiger partial charge is 0.340 e. The van der Waals surface area contributed by atoms with E-state index in [1.807, 2.05) is 24.3 Å². The Morgan fingerprint density at radius 2 is 1.55 bits per heavy atom. The number of hydrogen-bond donors (Lipinski definition) is 0. The number of carbonyl (C=O) groups is 3. The van der Waals surface area contributed by atoms with Gasteiger partial charge >= 0.3 is 17.9 Å². The van der Waals surface area contributed by atoms with Gasteiger partial charge in [0.2, 0.25) is 0 Å². The maximum atomic E-state index is 13.1. The molecule has 2 heterocycles. The molecular weight excluding hydrogens is 484 g/mol. The Labute approximate surface area is 217 Å². The molecule has 4 aromatic carbocycles. The van der Waals surface area contributed by atoms with Gasteiger partial charge in [-0.2, -0.15) is 0 Å². The van der Waals surface area contributed by atoms with Gasteiger partial charge in [-0.05, 0) is 54.8 Å². The molecule has 1 atom stereocenters. The number of rotatable bonds is 4. The van der Waals surface area contributed by atoms with Gasteiger partial charge in [0.05, 0.1) is 5.56 Å². The van der Waals surface area contributed by atoms with Crippen molar-refractivity contribution in [2.75, 3.05) is 0 Å². The third kappa shape index (κ3) is 3.25. The van der Waals surface area contributed by atoms with E-state index >= 15 is 0 Å². The molecule has 0 radical (unpaired) electrons. The van der Waals surface area contributed by atoms with Crippen LogP contribution in [0.25, 0.3) is 10.8 Å². The normalized spacial score (nSPS) is 16.5. The fraction of sp³-hybridized carbons (Fsp3) is 0.0645. The lowest BCUT2D eigenvalue weighted by molar-refractivity contribution is -0.129. The highest BCUT2D eigenvalue weighted by atomic mass is 16.6. The summed E-state index contributed by atoms with van der Waals surface area (Å²) in [6, 6.07) is 19.5. The molecule has 2 aliphatic heterocycles. The lowest BCUT2D eigenvalue weighted by Crippen LogP contribution is -2.33. The van der Waals surface area contributed by atoms with Crippen LogP contribution in [0.1, 0.15) is 32.6 Å². The summed E-state index contributed by atoms with van der Waals surface area (Å²) in [6.07, 6.45) is 2.17. The minimum atomic E-state index is -1.29. The van der Waals surface area contributed by atoms with Crippen molar-refractivity contribution in [3.05, 3.63) is 120 Å². The summed E-state index contributed by atoms with van der Waals surface area (Å²) in [6.45, 7) is 8.66. The molecule has 6 rings (SSSR count). The van der Waals surface area contributed by atoms with Crippen LogP contribution in [0, 0.1) is 6.92 Å². The molecule has 0 saturated heterocycles. The highest BCUT2D eigenvalue weighted by Gasteiger charge is 2.54. The van der Waals surface area contributed by atoms with Crippen LogP contribution in [-0.2, 0) is 19.9 Å². The van der Waals surface area contributed by atoms with Crippen LogP contribution in [-0.4, -0.2) is 17.9 Å². The standard InChI is InChI=1S/C31H20O7/c1-4-26(32)35-19-11-12-20-18(16-19)10-13-24-29(20)37-28-17(3)25(36-27(33)5-2)15-14-23(28)31(24)22-9-7-6-8-21(22)30(34)38-31/h4-16H,1-2H2,3H3. The number of fused-ring (bicyclic) bond motifs is 8. The summed E-state index contributed by atoms with van der Waals surface area (Å²) in [4.78, 5) is 36.8. The quantitative estimate of drug-likeness (QED) is 0.194. The Kier molecular flexibility index (Phi) is 5.17. The molecule has 0 fully saturated rings. The van der Waals surface area contributed by atoms with E-state index in [-0.39, 0.29) is 0 Å². The summed E-state index contributed by atoms with van der Waals surface area (Å²) in [5, 5.41) is 1.44. The molecule has 0 saturated carbocycles. The second-order valence-electron chi connectivity index (χ2n) is 8.86. The zero-order chi connectivity index (χ0) is 26.6. The topological polar surface area (TPSA) is 88.1 Å². The first-order valence-electron chi connectivity index (χ1n) is 11.8. The molecule has 1 spiro atoms. The van der Waals surface area contributed by atoms with Gasteiger partial charge in [-0.15, -0.1) is 0 Å². The number of esters is 3. The summed E-state index contributed by atoms with van der Waals surface area (Å²) in [7, 11) is 0. The first-order chi connectivity index (χ1) is 18.4. The van der Waals surface area contributed by atoms with E-state index in [1.165, 1.54) is 0 Å². The first-order valence-corrected chi connectivity index (χ1v) is 11.8. The second kappa shape index (κ2) is 8.45. The van der Waals surface area contributed by atoms with Crippen molar-refractivity contribution in [1.29, 1.82) is 0 Å². The molecule has 0 amide bonds. The van der Waals surface area contributed by atoms with Crippen LogP contribution in [0.15, 0.2) is 92.0 Å². The minimum absolute atomic E-state index is 0.295. The number of ether oxygens (including phenoxy) is 4. The molecule has 0 aliphatic carbocycles. The first kappa shape index (κ1) is 23.2. The average molecular weight is 504 g/mol. The fourth-order valence-electron chi connectivity index (χ4n) is 5.10. The molecule has 1 unspecified atom stereocenters. The van der Waals surface area contributed by atoms with Crippen LogP contribution in [0.5, 0.6) is 23.0 Å². The Hall–Kier alpha value is -5.17. The predicted molar refractivity (Wildman–Crippen MR) is 139 cm³/mol. The van der Waals surface area contributed by atoms with Gasteiger partial charge in [0.25, 0.3) is 0 Å². The van der Waals surface area contributed by atoms with E-state index in [2.05, 4.69) is 13.2 Å². The summed E-state index contributed by atoms with van der Waals surface area (Å²) >= 11 is 0. The van der Waals surface area contributed by atoms with E-state index in [9.17, 15) is 14.4 Å². The SMILES string of the molecule is C=CC(=O)Oc1ccc2c3c(ccc2c1)C1(OC(=O)c2ccccc21)c1ccc(OC(=O)C=C)c(C)c1O3. The van der Waals surface area contributed by atoms with Crippen molar-refractivity contribution in [3.8, 4) is 23.0 Å². The van der Waals surface area contributed by atoms with Gasteiger partial charge in [0.1, 0.15) is 23.0 Å². The zero-order valence-corrected chi connectivity index (χ0v) is 20.3. The lowest BCUT2D eigenvalue weighted by Gasteiger charge is -2.37. The molecule has 38 heavy (non-hydrogen) atoms. The summed E-state index contributed by atoms with van der Waals surface area (Å²) < 4.78 is 23.5. The molecule has 7 heteroatoms. The summed E-state index contributed by atoms with van der Waals surface area (Å²) in [5.74, 6) is -0.111. The molecule has 0 bridgehead atoms. The van der Waals surface area contributed by atoms with Crippen LogP contribution < -0.4 is 14.2 Å². The van der Waals surface area contributed by atoms with Crippen LogP contribution in [0.2, 0.25) is 0 Å². The van der Waals surface area contributed by atoms with E-state index in [4.69, 9.17) is 18.9 Å². The number of benzene rings is 4. The molecule has 7 nitrogen and oxygen atoms in total. The Balaban J connectivity index is 1.63. The molecule has 2 aliphatic rings. The van der Waals surface area contributed by atoms with Crippen molar-refractivity contribution in [2.24, 2.45) is 0 Å². The van der Waals surface area contributed by atoms with Crippen molar-refractivity contribution in [3.63, 3.8) is 0 Å². The number of carbonyl (C=O) groups excluding carboxylic acids is 3. The molecule has 0 N–H and O–H groups in total. The second-order valence-corrected chi connectivity index (χ2v) is 8.86. The fourth-order valence-corrected chi connectivity index (χ4v) is 5.10. The largest absolute Gasteiger partial charge is 0.455 e. The van der Waals surface area contributed by atoms with E-state index in [0.29, 0.717) is 56.2 Å². The van der Waals surface area contributed by atoms with Gasteiger partial charge in [-0.1, -0.05) is 37.4 Å². The summed E-state index contributed by atoms with van der Waals surface area (Å²) in [5.41, 5.74) is 1.65. The van der Waals surface area contributed by atoms with Gasteiger partial charge < -0.3 is 18.9 Å². The van der Waals surface area contributed by atoms with Crippen molar-refractivity contribution < 1.29 is 33.3 Å². The van der Waals surface area contributed by atoms with Crippen molar-refractivity contribution in [1.82, 2.24) is 0 Å².